The van der Waals surface area contributed by atoms with Crippen LogP contribution in [0.15, 0.2) is 18.2 Å². The number of benzene rings is 1. The molecule has 0 saturated carbocycles. The third-order valence-electron chi connectivity index (χ3n) is 3.44. The van der Waals surface area contributed by atoms with E-state index in [-0.39, 0.29) is 43.1 Å². The molecule has 0 bridgehead atoms. The standard InChI is InChI=1S/C18H30N2O4.ClH/c1-6-14(11-21)19-10-13-8-7-9-15(23-5)17(13)24-12-16(22)20-18(2,3)4;/h7-9,14,19,21H,6,10-12H2,1-5H3,(H,20,22);1H/p-1. The molecule has 1 unspecified atom stereocenters. The highest BCUT2D eigenvalue weighted by Gasteiger charge is 2.17. The van der Waals surface area contributed by atoms with Gasteiger partial charge in [-0.1, -0.05) is 19.1 Å². The van der Waals surface area contributed by atoms with Gasteiger partial charge in [-0.2, -0.15) is 0 Å². The zero-order chi connectivity index (χ0) is 18.2. The lowest BCUT2D eigenvalue weighted by molar-refractivity contribution is -0.124. The van der Waals surface area contributed by atoms with Gasteiger partial charge in [-0.3, -0.25) is 4.79 Å². The van der Waals surface area contributed by atoms with Crippen molar-refractivity contribution in [1.29, 1.82) is 0 Å². The molecule has 0 spiro atoms. The van der Waals surface area contributed by atoms with E-state index in [0.717, 1.165) is 12.0 Å². The predicted molar refractivity (Wildman–Crippen MR) is 94.4 cm³/mol. The first kappa shape index (κ1) is 23.5. The Hall–Kier alpha value is -1.50. The fourth-order valence-corrected chi connectivity index (χ4v) is 2.21. The molecule has 0 fully saturated rings. The van der Waals surface area contributed by atoms with Crippen LogP contribution in [0, 0.1) is 0 Å². The Morgan fingerprint density at radius 3 is 2.52 bits per heavy atom. The Bertz CT molecular complexity index is 528. The molecule has 25 heavy (non-hydrogen) atoms. The molecule has 7 heteroatoms. The van der Waals surface area contributed by atoms with E-state index in [2.05, 4.69) is 10.6 Å². The normalized spacial score (nSPS) is 12.1. The number of hydrogen-bond donors (Lipinski definition) is 3. The summed E-state index contributed by atoms with van der Waals surface area (Å²) < 4.78 is 11.1. The minimum absolute atomic E-state index is 0. The number of ether oxygens (including phenoxy) is 2. The molecule has 1 atom stereocenters. The number of carbonyl (C=O) groups is 1. The van der Waals surface area contributed by atoms with E-state index in [1.54, 1.807) is 13.2 Å². The van der Waals surface area contributed by atoms with Crippen molar-refractivity contribution in [2.24, 2.45) is 0 Å². The van der Waals surface area contributed by atoms with Crippen molar-refractivity contribution in [1.82, 2.24) is 10.6 Å². The van der Waals surface area contributed by atoms with Gasteiger partial charge in [0.15, 0.2) is 18.1 Å². The van der Waals surface area contributed by atoms with Gasteiger partial charge in [-0.25, -0.2) is 0 Å². The van der Waals surface area contributed by atoms with Crippen LogP contribution in [0.4, 0.5) is 0 Å². The van der Waals surface area contributed by atoms with E-state index in [1.165, 1.54) is 0 Å². The molecule has 0 aliphatic rings. The first-order valence-corrected chi connectivity index (χ1v) is 8.24. The van der Waals surface area contributed by atoms with Crippen molar-refractivity contribution >= 4 is 5.91 Å². The molecule has 3 N–H and O–H groups in total. The van der Waals surface area contributed by atoms with E-state index < -0.39 is 0 Å². The summed E-state index contributed by atoms with van der Waals surface area (Å²) in [5.41, 5.74) is 0.575. The van der Waals surface area contributed by atoms with Crippen molar-refractivity contribution in [3.63, 3.8) is 0 Å². The van der Waals surface area contributed by atoms with E-state index in [9.17, 15) is 9.90 Å². The predicted octanol–water partition coefficient (Wildman–Crippen LogP) is -1.15. The third-order valence-corrected chi connectivity index (χ3v) is 3.44. The number of carbonyl (C=O) groups excluding carboxylic acids is 1. The molecule has 6 nitrogen and oxygen atoms in total. The SMILES string of the molecule is CCC(CO)NCc1cccc(OC)c1OCC(=O)NC(C)(C)C.[Cl-]. The van der Waals surface area contributed by atoms with Crippen LogP contribution in [0.1, 0.15) is 39.7 Å². The first-order chi connectivity index (χ1) is 11.3. The average Bonchev–Trinajstić information content (AvgIpc) is 2.52. The second kappa shape index (κ2) is 11.2. The van der Waals surface area contributed by atoms with E-state index in [4.69, 9.17) is 9.47 Å². The summed E-state index contributed by atoms with van der Waals surface area (Å²) in [7, 11) is 1.57. The second-order valence-corrected chi connectivity index (χ2v) is 6.70. The first-order valence-electron chi connectivity index (χ1n) is 8.24. The van der Waals surface area contributed by atoms with Crippen molar-refractivity contribution < 1.29 is 31.8 Å². The Morgan fingerprint density at radius 2 is 2.00 bits per heavy atom. The average molecular weight is 374 g/mol. The molecule has 0 saturated heterocycles. The van der Waals surface area contributed by atoms with Crippen LogP contribution in [-0.4, -0.2) is 42.9 Å². The van der Waals surface area contributed by atoms with Gasteiger partial charge in [-0.05, 0) is 33.3 Å². The van der Waals surface area contributed by atoms with Gasteiger partial charge in [-0.15, -0.1) is 0 Å². The third kappa shape index (κ3) is 8.43. The smallest absolute Gasteiger partial charge is 0.258 e. The fourth-order valence-electron chi connectivity index (χ4n) is 2.21. The van der Waals surface area contributed by atoms with E-state index in [0.29, 0.717) is 18.0 Å². The summed E-state index contributed by atoms with van der Waals surface area (Å²) in [4.78, 5) is 12.0. The molecule has 0 heterocycles. The van der Waals surface area contributed by atoms with Crippen LogP contribution in [-0.2, 0) is 11.3 Å². The molecular formula is C18H30ClN2O4-. The monoisotopic (exact) mass is 373 g/mol. The summed E-state index contributed by atoms with van der Waals surface area (Å²) in [6.07, 6.45) is 0.824. The van der Waals surface area contributed by atoms with Gasteiger partial charge < -0.3 is 37.6 Å². The van der Waals surface area contributed by atoms with Gasteiger partial charge in [0.05, 0.1) is 13.7 Å². The van der Waals surface area contributed by atoms with Crippen molar-refractivity contribution in [2.75, 3.05) is 20.3 Å². The van der Waals surface area contributed by atoms with Crippen LogP contribution in [0.3, 0.4) is 0 Å². The molecule has 0 aliphatic heterocycles. The highest BCUT2D eigenvalue weighted by Crippen LogP contribution is 2.31. The number of amides is 1. The zero-order valence-electron chi connectivity index (χ0n) is 15.7. The molecule has 1 amide bonds. The minimum atomic E-state index is -0.304. The lowest BCUT2D eigenvalue weighted by atomic mass is 10.1. The molecule has 0 aromatic heterocycles. The Kier molecular flexibility index (Phi) is 10.5. The molecule has 0 aliphatic carbocycles. The summed E-state index contributed by atoms with van der Waals surface area (Å²) in [6, 6.07) is 5.60. The lowest BCUT2D eigenvalue weighted by Crippen LogP contribution is -3.00. The number of aliphatic hydroxyl groups is 1. The van der Waals surface area contributed by atoms with Gasteiger partial charge in [0.2, 0.25) is 0 Å². The number of rotatable bonds is 9. The van der Waals surface area contributed by atoms with Gasteiger partial charge in [0, 0.05) is 23.7 Å². The van der Waals surface area contributed by atoms with Gasteiger partial charge >= 0.3 is 0 Å². The summed E-state index contributed by atoms with van der Waals surface area (Å²) in [5, 5.41) is 15.4. The van der Waals surface area contributed by atoms with Crippen LogP contribution in [0.25, 0.3) is 0 Å². The number of nitrogens with one attached hydrogen (secondary N) is 2. The summed E-state index contributed by atoms with van der Waals surface area (Å²) in [6.45, 7) is 8.28. The number of halogens is 1. The second-order valence-electron chi connectivity index (χ2n) is 6.70. The van der Waals surface area contributed by atoms with Gasteiger partial charge in [0.1, 0.15) is 0 Å². The largest absolute Gasteiger partial charge is 1.00 e. The molecule has 1 aromatic carbocycles. The summed E-state index contributed by atoms with van der Waals surface area (Å²) in [5.74, 6) is 0.938. The van der Waals surface area contributed by atoms with Crippen LogP contribution >= 0.6 is 0 Å². The maximum Gasteiger partial charge on any atom is 0.258 e. The zero-order valence-corrected chi connectivity index (χ0v) is 16.4. The quantitative estimate of drug-likeness (QED) is 0.509. The summed E-state index contributed by atoms with van der Waals surface area (Å²) >= 11 is 0. The maximum absolute atomic E-state index is 12.0. The Labute approximate surface area is 156 Å². The topological polar surface area (TPSA) is 79.8 Å². The van der Waals surface area contributed by atoms with E-state index in [1.807, 2.05) is 39.8 Å². The Balaban J connectivity index is 0.00000576. The number of hydrogen-bond acceptors (Lipinski definition) is 5. The van der Waals surface area contributed by atoms with E-state index >= 15 is 0 Å². The molecule has 1 aromatic rings. The maximum atomic E-state index is 12.0. The molecular weight excluding hydrogens is 344 g/mol. The van der Waals surface area contributed by atoms with Crippen LogP contribution in [0.2, 0.25) is 0 Å². The number of para-hydroxylation sites is 1. The van der Waals surface area contributed by atoms with Crippen molar-refractivity contribution in [3.8, 4) is 11.5 Å². The number of aliphatic hydroxyl groups excluding tert-OH is 1. The van der Waals surface area contributed by atoms with Crippen molar-refractivity contribution in [2.45, 2.75) is 52.2 Å². The van der Waals surface area contributed by atoms with Crippen molar-refractivity contribution in [3.05, 3.63) is 23.8 Å². The van der Waals surface area contributed by atoms with Crippen LogP contribution in [0.5, 0.6) is 11.5 Å². The fraction of sp³-hybridized carbons (Fsp3) is 0.611. The lowest BCUT2D eigenvalue weighted by Gasteiger charge is -2.21. The molecule has 144 valence electrons. The molecule has 0 radical (unpaired) electrons. The highest BCUT2D eigenvalue weighted by molar-refractivity contribution is 5.78. The minimum Gasteiger partial charge on any atom is -1.00 e. The highest BCUT2D eigenvalue weighted by atomic mass is 35.5. The number of methoxy groups -OCH3 is 1. The Morgan fingerprint density at radius 1 is 1.32 bits per heavy atom. The van der Waals surface area contributed by atoms with Gasteiger partial charge in [0.25, 0.3) is 5.91 Å². The molecule has 1 rings (SSSR count). The van der Waals surface area contributed by atoms with Crippen LogP contribution < -0.4 is 32.5 Å².